The summed E-state index contributed by atoms with van der Waals surface area (Å²) in [6.45, 7) is 0.258. The quantitative estimate of drug-likeness (QED) is 0.644. The molecule has 1 heterocycles. The molecule has 0 saturated carbocycles. The molecule has 0 N–H and O–H groups in total. The second-order valence-corrected chi connectivity index (χ2v) is 4.22. The number of hydrogen-bond acceptors (Lipinski definition) is 3. The molecule has 4 heteroatoms. The van der Waals surface area contributed by atoms with Gasteiger partial charge < -0.3 is 4.74 Å². The van der Waals surface area contributed by atoms with E-state index in [0.29, 0.717) is 10.3 Å². The van der Waals surface area contributed by atoms with Crippen molar-refractivity contribution in [2.24, 2.45) is 0 Å². The molecule has 0 spiro atoms. The van der Waals surface area contributed by atoms with E-state index in [4.69, 9.17) is 4.74 Å². The molecule has 0 aliphatic rings. The van der Waals surface area contributed by atoms with Gasteiger partial charge in [-0.05, 0) is 33.6 Å². The second-order valence-electron chi connectivity index (χ2n) is 3.41. The molecule has 3 nitrogen and oxygen atoms in total. The Hall–Kier alpha value is -1.68. The fourth-order valence-corrected chi connectivity index (χ4v) is 1.66. The van der Waals surface area contributed by atoms with Gasteiger partial charge in [0.2, 0.25) is 0 Å². The largest absolute Gasteiger partial charge is 0.456 e. The minimum atomic E-state index is -0.421. The lowest BCUT2D eigenvalue weighted by molar-refractivity contribution is 0.0465. The van der Waals surface area contributed by atoms with Crippen LogP contribution in [0, 0.1) is 0 Å². The van der Waals surface area contributed by atoms with Crippen LogP contribution in [0.25, 0.3) is 0 Å². The summed E-state index contributed by atoms with van der Waals surface area (Å²) in [5.74, 6) is -0.421. The zero-order chi connectivity index (χ0) is 12.1. The molecule has 0 radical (unpaired) electrons. The molecule has 2 rings (SSSR count). The van der Waals surface area contributed by atoms with Gasteiger partial charge in [-0.3, -0.25) is 0 Å². The van der Waals surface area contributed by atoms with E-state index in [1.54, 1.807) is 18.2 Å². The Morgan fingerprint density at radius 2 is 1.88 bits per heavy atom. The Bertz CT molecular complexity index is 514. The Kier molecular flexibility index (Phi) is 3.88. The zero-order valence-electron chi connectivity index (χ0n) is 8.97. The van der Waals surface area contributed by atoms with Gasteiger partial charge in [0.25, 0.3) is 0 Å². The van der Waals surface area contributed by atoms with E-state index in [-0.39, 0.29) is 6.61 Å². The molecule has 0 atom stereocenters. The van der Waals surface area contributed by atoms with Crippen LogP contribution < -0.4 is 0 Å². The lowest BCUT2D eigenvalue weighted by atomic mass is 10.2. The molecule has 0 aliphatic heterocycles. The number of rotatable bonds is 3. The molecule has 0 bridgehead atoms. The predicted molar refractivity (Wildman–Crippen MR) is 67.5 cm³/mol. The van der Waals surface area contributed by atoms with Gasteiger partial charge in [-0.1, -0.05) is 36.4 Å². The van der Waals surface area contributed by atoms with Crippen molar-refractivity contribution in [2.45, 2.75) is 6.61 Å². The molecule has 0 fully saturated rings. The molecule has 86 valence electrons. The normalized spacial score (nSPS) is 9.94. The lowest BCUT2D eigenvalue weighted by Gasteiger charge is -2.04. The SMILES string of the molecule is O=C(OCc1ccccc1)c1cccc(Br)n1. The minimum Gasteiger partial charge on any atom is -0.456 e. The van der Waals surface area contributed by atoms with Gasteiger partial charge in [0.05, 0.1) is 0 Å². The van der Waals surface area contributed by atoms with Gasteiger partial charge in [0, 0.05) is 0 Å². The number of hydrogen-bond donors (Lipinski definition) is 0. The molecule has 1 aromatic carbocycles. The summed E-state index contributed by atoms with van der Waals surface area (Å²) in [6.07, 6.45) is 0. The van der Waals surface area contributed by atoms with E-state index in [1.165, 1.54) is 0 Å². The fourth-order valence-electron chi connectivity index (χ4n) is 1.32. The van der Waals surface area contributed by atoms with Crippen molar-refractivity contribution >= 4 is 21.9 Å². The predicted octanol–water partition coefficient (Wildman–Crippen LogP) is 3.20. The summed E-state index contributed by atoms with van der Waals surface area (Å²) >= 11 is 3.21. The molecule has 2 aromatic rings. The van der Waals surface area contributed by atoms with Gasteiger partial charge in [-0.25, -0.2) is 9.78 Å². The minimum absolute atomic E-state index is 0.258. The van der Waals surface area contributed by atoms with Gasteiger partial charge in [0.15, 0.2) is 0 Å². The van der Waals surface area contributed by atoms with Gasteiger partial charge in [0.1, 0.15) is 16.9 Å². The average Bonchev–Trinajstić information content (AvgIpc) is 2.37. The lowest BCUT2D eigenvalue weighted by Crippen LogP contribution is -2.07. The number of benzene rings is 1. The van der Waals surface area contributed by atoms with Crippen LogP contribution in [0.1, 0.15) is 16.1 Å². The maximum absolute atomic E-state index is 11.7. The summed E-state index contributed by atoms with van der Waals surface area (Å²) in [5, 5.41) is 0. The summed E-state index contributed by atoms with van der Waals surface area (Å²) in [7, 11) is 0. The van der Waals surface area contributed by atoms with Crippen LogP contribution in [-0.2, 0) is 11.3 Å². The summed E-state index contributed by atoms with van der Waals surface area (Å²) in [6, 6.07) is 14.7. The van der Waals surface area contributed by atoms with Crippen LogP contribution >= 0.6 is 15.9 Å². The van der Waals surface area contributed by atoms with Crippen LogP contribution in [0.4, 0.5) is 0 Å². The standard InChI is InChI=1S/C13H10BrNO2/c14-12-8-4-7-11(15-12)13(16)17-9-10-5-2-1-3-6-10/h1-8H,9H2. The van der Waals surface area contributed by atoms with Crippen molar-refractivity contribution < 1.29 is 9.53 Å². The van der Waals surface area contributed by atoms with E-state index in [9.17, 15) is 4.79 Å². The summed E-state index contributed by atoms with van der Waals surface area (Å²) in [5.41, 5.74) is 1.26. The number of pyridine rings is 1. The van der Waals surface area contributed by atoms with E-state index < -0.39 is 5.97 Å². The highest BCUT2D eigenvalue weighted by molar-refractivity contribution is 9.10. The second kappa shape index (κ2) is 5.59. The van der Waals surface area contributed by atoms with Crippen molar-refractivity contribution in [3.8, 4) is 0 Å². The van der Waals surface area contributed by atoms with Crippen molar-refractivity contribution in [1.82, 2.24) is 4.98 Å². The molecular formula is C13H10BrNO2. The Morgan fingerprint density at radius 1 is 1.12 bits per heavy atom. The van der Waals surface area contributed by atoms with Crippen molar-refractivity contribution in [2.75, 3.05) is 0 Å². The van der Waals surface area contributed by atoms with E-state index in [0.717, 1.165) is 5.56 Å². The number of carbonyl (C=O) groups is 1. The maximum atomic E-state index is 11.7. The van der Waals surface area contributed by atoms with Gasteiger partial charge in [-0.2, -0.15) is 0 Å². The number of ether oxygens (including phenoxy) is 1. The van der Waals surface area contributed by atoms with Gasteiger partial charge >= 0.3 is 5.97 Å². The number of nitrogens with zero attached hydrogens (tertiary/aromatic N) is 1. The van der Waals surface area contributed by atoms with Crippen LogP contribution in [0.2, 0.25) is 0 Å². The maximum Gasteiger partial charge on any atom is 0.357 e. The van der Waals surface area contributed by atoms with Crippen molar-refractivity contribution in [1.29, 1.82) is 0 Å². The molecule has 1 aromatic heterocycles. The topological polar surface area (TPSA) is 39.2 Å². The molecule has 0 saturated heterocycles. The monoisotopic (exact) mass is 291 g/mol. The van der Waals surface area contributed by atoms with Crippen molar-refractivity contribution in [3.05, 3.63) is 64.4 Å². The van der Waals surface area contributed by atoms with Crippen LogP contribution in [0.3, 0.4) is 0 Å². The fraction of sp³-hybridized carbons (Fsp3) is 0.0769. The third-order valence-electron chi connectivity index (χ3n) is 2.14. The first-order valence-electron chi connectivity index (χ1n) is 5.09. The molecule has 0 amide bonds. The molecule has 0 unspecified atom stereocenters. The highest BCUT2D eigenvalue weighted by Crippen LogP contribution is 2.08. The smallest absolute Gasteiger partial charge is 0.357 e. The molecule has 0 aliphatic carbocycles. The number of esters is 1. The van der Waals surface area contributed by atoms with Crippen LogP contribution in [0.15, 0.2) is 53.1 Å². The highest BCUT2D eigenvalue weighted by atomic mass is 79.9. The zero-order valence-corrected chi connectivity index (χ0v) is 10.6. The van der Waals surface area contributed by atoms with E-state index >= 15 is 0 Å². The average molecular weight is 292 g/mol. The summed E-state index contributed by atoms with van der Waals surface area (Å²) < 4.78 is 5.76. The van der Waals surface area contributed by atoms with E-state index in [2.05, 4.69) is 20.9 Å². The van der Waals surface area contributed by atoms with E-state index in [1.807, 2.05) is 30.3 Å². The Balaban J connectivity index is 1.98. The summed E-state index contributed by atoms with van der Waals surface area (Å²) in [4.78, 5) is 15.7. The van der Waals surface area contributed by atoms with Gasteiger partial charge in [-0.15, -0.1) is 0 Å². The highest BCUT2D eigenvalue weighted by Gasteiger charge is 2.08. The Morgan fingerprint density at radius 3 is 2.59 bits per heavy atom. The number of aromatic nitrogens is 1. The molecule has 17 heavy (non-hydrogen) atoms. The number of carbonyl (C=O) groups excluding carboxylic acids is 1. The first-order chi connectivity index (χ1) is 8.25. The molecular weight excluding hydrogens is 282 g/mol. The Labute approximate surface area is 108 Å². The first kappa shape index (κ1) is 11.8. The van der Waals surface area contributed by atoms with Crippen LogP contribution in [0.5, 0.6) is 0 Å². The first-order valence-corrected chi connectivity index (χ1v) is 5.88. The number of halogens is 1. The third-order valence-corrected chi connectivity index (χ3v) is 2.58. The third kappa shape index (κ3) is 3.39. The van der Waals surface area contributed by atoms with Crippen LogP contribution in [-0.4, -0.2) is 11.0 Å². The van der Waals surface area contributed by atoms with Crippen molar-refractivity contribution in [3.63, 3.8) is 0 Å².